The molecule has 1 fully saturated rings. The number of ether oxygens (including phenoxy) is 1. The number of carbonyl (C=O) groups is 2. The lowest BCUT2D eigenvalue weighted by molar-refractivity contribution is -0.163. The lowest BCUT2D eigenvalue weighted by Gasteiger charge is -2.49. The Morgan fingerprint density at radius 1 is 1.11 bits per heavy atom. The Hall–Kier alpha value is -3.17. The first-order chi connectivity index (χ1) is 18.2. The number of alkyl halides is 2. The van der Waals surface area contributed by atoms with Crippen LogP contribution < -0.4 is 0 Å². The molecule has 4 rings (SSSR count). The molecule has 204 valence electrons. The van der Waals surface area contributed by atoms with Gasteiger partial charge in [0.05, 0.1) is 31.0 Å². The van der Waals surface area contributed by atoms with Crippen molar-refractivity contribution < 1.29 is 28.3 Å². The summed E-state index contributed by atoms with van der Waals surface area (Å²) in [6.45, 7) is 0.928. The summed E-state index contributed by atoms with van der Waals surface area (Å²) in [6, 6.07) is 15.0. The van der Waals surface area contributed by atoms with E-state index in [9.17, 15) is 23.6 Å². The topological polar surface area (TPSA) is 82.4 Å². The van der Waals surface area contributed by atoms with Crippen LogP contribution in [-0.4, -0.2) is 59.1 Å². The molecule has 2 aliphatic rings. The van der Waals surface area contributed by atoms with Crippen molar-refractivity contribution in [2.45, 2.75) is 69.4 Å². The van der Waals surface area contributed by atoms with E-state index in [1.165, 1.54) is 19.5 Å². The lowest BCUT2D eigenvalue weighted by Crippen LogP contribution is -2.56. The Balaban J connectivity index is 1.59. The van der Waals surface area contributed by atoms with Gasteiger partial charge in [-0.2, -0.15) is 0 Å². The van der Waals surface area contributed by atoms with Gasteiger partial charge in [0.2, 0.25) is 11.8 Å². The maximum absolute atomic E-state index is 13.4. The van der Waals surface area contributed by atoms with Gasteiger partial charge in [0, 0.05) is 12.5 Å². The SMILES string of the molecule is C[C@@H](OCC1(c2ccccc2)CCC(CC(=O)N(C)O)(N2C=NCC2=O)CC1)c1cc(CF)cc(CF)c1. The second-order valence-electron chi connectivity index (χ2n) is 10.5. The second kappa shape index (κ2) is 11.7. The van der Waals surface area contributed by atoms with E-state index < -0.39 is 36.3 Å². The number of carbonyl (C=O) groups excluding carboxylic acids is 2. The van der Waals surface area contributed by atoms with Crippen molar-refractivity contribution >= 4 is 18.2 Å². The van der Waals surface area contributed by atoms with E-state index in [4.69, 9.17) is 4.74 Å². The molecule has 0 unspecified atom stereocenters. The maximum atomic E-state index is 13.4. The van der Waals surface area contributed by atoms with E-state index in [1.807, 2.05) is 25.1 Å². The van der Waals surface area contributed by atoms with E-state index in [0.29, 0.717) is 48.5 Å². The summed E-state index contributed by atoms with van der Waals surface area (Å²) in [6.07, 6.45) is 3.40. The third-order valence-electron chi connectivity index (χ3n) is 8.03. The van der Waals surface area contributed by atoms with Crippen molar-refractivity contribution in [3.63, 3.8) is 0 Å². The molecule has 0 radical (unpaired) electrons. The molecule has 2 amide bonds. The zero-order valence-corrected chi connectivity index (χ0v) is 21.9. The largest absolute Gasteiger partial charge is 0.373 e. The molecule has 2 aromatic carbocycles. The predicted molar refractivity (Wildman–Crippen MR) is 139 cm³/mol. The van der Waals surface area contributed by atoms with Gasteiger partial charge in [-0.1, -0.05) is 48.5 Å². The van der Waals surface area contributed by atoms with E-state index in [-0.39, 0.29) is 18.9 Å². The van der Waals surface area contributed by atoms with Crippen LogP contribution in [0.25, 0.3) is 0 Å². The number of hydroxylamine groups is 2. The van der Waals surface area contributed by atoms with E-state index in [0.717, 1.165) is 11.1 Å². The number of amides is 2. The van der Waals surface area contributed by atoms with Gasteiger partial charge < -0.3 is 4.74 Å². The molecule has 0 spiro atoms. The molecule has 38 heavy (non-hydrogen) atoms. The molecule has 1 aliphatic carbocycles. The van der Waals surface area contributed by atoms with Crippen LogP contribution in [-0.2, 0) is 33.1 Å². The Bertz CT molecular complexity index is 1140. The smallest absolute Gasteiger partial charge is 0.249 e. The van der Waals surface area contributed by atoms with Crippen LogP contribution in [0.2, 0.25) is 0 Å². The summed E-state index contributed by atoms with van der Waals surface area (Å²) in [5.41, 5.74) is 1.46. The van der Waals surface area contributed by atoms with E-state index >= 15 is 0 Å². The fourth-order valence-corrected chi connectivity index (χ4v) is 5.69. The van der Waals surface area contributed by atoms with Crippen molar-refractivity contribution in [2.75, 3.05) is 20.2 Å². The molecule has 9 heteroatoms. The van der Waals surface area contributed by atoms with Crippen molar-refractivity contribution in [3.8, 4) is 0 Å². The van der Waals surface area contributed by atoms with E-state index in [1.54, 1.807) is 17.0 Å². The number of hydrogen-bond donors (Lipinski definition) is 1. The molecule has 1 atom stereocenters. The number of halogens is 2. The number of aliphatic imine (C=N–C) groups is 1. The average molecular weight is 528 g/mol. The first kappa shape index (κ1) is 27.9. The number of benzene rings is 2. The fraction of sp³-hybridized carbons (Fsp3) is 0.483. The van der Waals surface area contributed by atoms with Gasteiger partial charge in [-0.3, -0.25) is 24.7 Å². The first-order valence-corrected chi connectivity index (χ1v) is 12.9. The standard InChI is InChI=1S/C29H35F2N3O4/c1-21(24-13-22(16-30)12-23(14-24)17-31)38-19-28(25-6-4-3-5-7-25)8-10-29(11-9-28,15-26(35)33(2)37)34-20-32-18-27(34)36/h3-7,12-14,20-21,37H,8-11,15-19H2,1-2H3/t21-,28?,29?/m1/s1. The molecule has 0 bridgehead atoms. The van der Waals surface area contributed by atoms with Crippen molar-refractivity contribution in [1.82, 2.24) is 9.96 Å². The van der Waals surface area contributed by atoms with Gasteiger partial charge in [-0.05, 0) is 54.9 Å². The molecule has 2 aromatic rings. The third kappa shape index (κ3) is 5.78. The average Bonchev–Trinajstić information content (AvgIpc) is 3.39. The number of hydrogen-bond acceptors (Lipinski definition) is 5. The normalized spacial score (nSPS) is 24.0. The summed E-state index contributed by atoms with van der Waals surface area (Å²) in [5, 5.41) is 10.3. The molecular formula is C29H35F2N3O4. The highest BCUT2D eigenvalue weighted by Crippen LogP contribution is 2.48. The highest BCUT2D eigenvalue weighted by atomic mass is 19.1. The molecule has 7 nitrogen and oxygen atoms in total. The Kier molecular flexibility index (Phi) is 8.57. The van der Waals surface area contributed by atoms with Crippen molar-refractivity contribution in [2.24, 2.45) is 4.99 Å². The third-order valence-corrected chi connectivity index (χ3v) is 8.03. The van der Waals surface area contributed by atoms with Crippen LogP contribution in [0, 0.1) is 0 Å². The van der Waals surface area contributed by atoms with Gasteiger partial charge in [-0.25, -0.2) is 13.8 Å². The van der Waals surface area contributed by atoms with Crippen LogP contribution >= 0.6 is 0 Å². The molecule has 1 saturated carbocycles. The van der Waals surface area contributed by atoms with Crippen LogP contribution in [0.15, 0.2) is 53.5 Å². The molecule has 1 heterocycles. The van der Waals surface area contributed by atoms with Gasteiger partial charge in [0.1, 0.15) is 19.9 Å². The van der Waals surface area contributed by atoms with E-state index in [2.05, 4.69) is 17.1 Å². The molecule has 0 saturated heterocycles. The summed E-state index contributed by atoms with van der Waals surface area (Å²) in [7, 11) is 1.29. The van der Waals surface area contributed by atoms with Crippen LogP contribution in [0.5, 0.6) is 0 Å². The van der Waals surface area contributed by atoms with Crippen LogP contribution in [0.4, 0.5) is 8.78 Å². The van der Waals surface area contributed by atoms with Crippen LogP contribution in [0.1, 0.15) is 67.4 Å². The number of rotatable bonds is 10. The van der Waals surface area contributed by atoms with Crippen LogP contribution in [0.3, 0.4) is 0 Å². The maximum Gasteiger partial charge on any atom is 0.249 e. The van der Waals surface area contributed by atoms with Crippen molar-refractivity contribution in [1.29, 1.82) is 0 Å². The summed E-state index contributed by atoms with van der Waals surface area (Å²) < 4.78 is 33.1. The summed E-state index contributed by atoms with van der Waals surface area (Å²) in [4.78, 5) is 31.0. The quantitative estimate of drug-likeness (QED) is 0.346. The minimum atomic E-state index is -0.791. The molecule has 0 aromatic heterocycles. The zero-order chi connectivity index (χ0) is 27.3. The fourth-order valence-electron chi connectivity index (χ4n) is 5.69. The Labute approximate surface area is 222 Å². The monoisotopic (exact) mass is 527 g/mol. The highest BCUT2D eigenvalue weighted by molar-refractivity contribution is 5.95. The minimum Gasteiger partial charge on any atom is -0.373 e. The molecule has 1 aliphatic heterocycles. The number of nitrogens with zero attached hydrogens (tertiary/aromatic N) is 3. The second-order valence-corrected chi connectivity index (χ2v) is 10.5. The minimum absolute atomic E-state index is 0.0120. The zero-order valence-electron chi connectivity index (χ0n) is 21.9. The van der Waals surface area contributed by atoms with Crippen molar-refractivity contribution in [3.05, 3.63) is 70.8 Å². The summed E-state index contributed by atoms with van der Waals surface area (Å²) >= 11 is 0. The lowest BCUT2D eigenvalue weighted by atomic mass is 9.63. The Morgan fingerprint density at radius 3 is 2.26 bits per heavy atom. The highest BCUT2D eigenvalue weighted by Gasteiger charge is 2.50. The molecular weight excluding hydrogens is 492 g/mol. The Morgan fingerprint density at radius 2 is 1.74 bits per heavy atom. The van der Waals surface area contributed by atoms with Gasteiger partial charge in [-0.15, -0.1) is 0 Å². The van der Waals surface area contributed by atoms with Gasteiger partial charge in [0.25, 0.3) is 0 Å². The van der Waals surface area contributed by atoms with Gasteiger partial charge in [0.15, 0.2) is 0 Å². The summed E-state index contributed by atoms with van der Waals surface area (Å²) in [5.74, 6) is -0.626. The first-order valence-electron chi connectivity index (χ1n) is 12.9. The van der Waals surface area contributed by atoms with Gasteiger partial charge >= 0.3 is 0 Å². The predicted octanol–water partition coefficient (Wildman–Crippen LogP) is 5.06. The molecule has 1 N–H and O–H groups in total.